The second-order valence-corrected chi connectivity index (χ2v) is 21.4. The lowest BCUT2D eigenvalue weighted by Crippen LogP contribution is -2.64. The van der Waals surface area contributed by atoms with Gasteiger partial charge in [-0.05, 0) is 40.2 Å². The van der Waals surface area contributed by atoms with Crippen molar-refractivity contribution in [1.82, 2.24) is 20.4 Å². The average molecular weight is 1120 g/mol. The van der Waals surface area contributed by atoms with Crippen LogP contribution < -0.4 is 10.6 Å². The van der Waals surface area contributed by atoms with Crippen molar-refractivity contribution in [3.63, 3.8) is 0 Å². The summed E-state index contributed by atoms with van der Waals surface area (Å²) >= 11 is 0. The molecule has 19 atom stereocenters. The molecule has 22 heteroatoms. The maximum Gasteiger partial charge on any atom is 0.308 e. The third-order valence-electron chi connectivity index (χ3n) is 14.9. The number of nitrogens with zero attached hydrogens (tertiary/aromatic N) is 2. The van der Waals surface area contributed by atoms with E-state index in [9.17, 15) is 65.4 Å². The molecule has 3 saturated heterocycles. The molecule has 2 bridgehead atoms. The van der Waals surface area contributed by atoms with E-state index in [1.165, 1.54) is 0 Å². The number of rotatable bonds is 9. The number of likely N-dealkylation sites (N-methyl/N-ethyl adjacent to an activating group) is 1. The van der Waals surface area contributed by atoms with Crippen LogP contribution in [0.1, 0.15) is 79.1 Å². The van der Waals surface area contributed by atoms with Crippen LogP contribution in [0.5, 0.6) is 0 Å². The molecule has 0 radical (unpaired) electrons. The number of nitrogens with one attached hydrogen (secondary N) is 2. The number of hydrogen-bond donors (Lipinski definition) is 12. The van der Waals surface area contributed by atoms with Crippen molar-refractivity contribution in [2.75, 3.05) is 60.0 Å². The van der Waals surface area contributed by atoms with Gasteiger partial charge in [0.2, 0.25) is 11.8 Å². The molecule has 12 N–H and O–H groups in total. The van der Waals surface area contributed by atoms with Gasteiger partial charge in [-0.2, -0.15) is 0 Å². The molecule has 0 saturated carbocycles. The molecular formula is C57H92N4O18. The Balaban J connectivity index is 1.66. The number of hydrogen-bond acceptors (Lipinski definition) is 20. The predicted molar refractivity (Wildman–Crippen MR) is 292 cm³/mol. The van der Waals surface area contributed by atoms with E-state index in [2.05, 4.69) is 15.5 Å². The fourth-order valence-electron chi connectivity index (χ4n) is 10.1. The third-order valence-corrected chi connectivity index (χ3v) is 14.9. The summed E-state index contributed by atoms with van der Waals surface area (Å²) in [6.45, 7) is 9.52. The van der Waals surface area contributed by atoms with Crippen molar-refractivity contribution >= 4 is 17.8 Å². The Bertz CT molecular complexity index is 2050. The zero-order chi connectivity index (χ0) is 58.2. The van der Waals surface area contributed by atoms with Crippen molar-refractivity contribution in [3.05, 3.63) is 85.1 Å². The number of carbonyl (C=O) groups is 3. The third kappa shape index (κ3) is 22.7. The quantitative estimate of drug-likeness (QED) is 0.133. The number of cyclic esters (lactones) is 1. The first kappa shape index (κ1) is 67.5. The van der Waals surface area contributed by atoms with E-state index >= 15 is 0 Å². The van der Waals surface area contributed by atoms with E-state index in [-0.39, 0.29) is 38.1 Å². The SMILES string of the molecule is CNCC(=O)N[C@@H]1[C@H](O)[C@H](O[C@H]2/C=C/C=C\C=C/C=C\C=C/C=C\C=C/[C@H](C)[C@@H](O)[C@@H](C)[C@H](C)OC(=O)C[C@H](O)C[C@H](O)CC[C@@H](O)[C@H](O)C[C@H](O)C[C@]3(O)C[C@H](O)[C@@H](C(=O)N4CCN(CCOC)CC4)[C@H](C2)O3)O[C@H](C)[C@H]1O. The number of aliphatic hydroxyl groups excluding tert-OH is 9. The summed E-state index contributed by atoms with van der Waals surface area (Å²) in [5.41, 5.74) is 0. The number of methoxy groups -OCH3 is 1. The number of fused-ring (bicyclic) bond motifs is 2. The largest absolute Gasteiger partial charge is 0.462 e. The molecule has 4 aliphatic rings. The molecule has 2 amide bonds. The van der Waals surface area contributed by atoms with Gasteiger partial charge in [-0.15, -0.1) is 0 Å². The number of esters is 1. The fourth-order valence-corrected chi connectivity index (χ4v) is 10.1. The molecule has 22 nitrogen and oxygen atoms in total. The molecule has 0 unspecified atom stereocenters. The normalized spacial score (nSPS) is 40.9. The lowest BCUT2D eigenvalue weighted by atomic mass is 9.81. The molecule has 0 aromatic rings. The molecule has 0 aromatic heterocycles. The number of amides is 2. The van der Waals surface area contributed by atoms with Crippen molar-refractivity contribution in [2.45, 2.75) is 177 Å². The van der Waals surface area contributed by atoms with Crippen LogP contribution in [0.15, 0.2) is 85.1 Å². The molecule has 4 rings (SSSR count). The van der Waals surface area contributed by atoms with Crippen molar-refractivity contribution in [2.24, 2.45) is 17.8 Å². The molecule has 3 fully saturated rings. The minimum absolute atomic E-state index is 0.106. The first-order valence-electron chi connectivity index (χ1n) is 27.7. The summed E-state index contributed by atoms with van der Waals surface area (Å²) in [4.78, 5) is 43.8. The second-order valence-electron chi connectivity index (χ2n) is 21.4. The summed E-state index contributed by atoms with van der Waals surface area (Å²) in [5, 5.41) is 118. The molecule has 0 aromatic carbocycles. The van der Waals surface area contributed by atoms with Gasteiger partial charge in [-0.3, -0.25) is 19.3 Å². The van der Waals surface area contributed by atoms with Crippen molar-refractivity contribution in [3.8, 4) is 0 Å². The first-order chi connectivity index (χ1) is 37.6. The summed E-state index contributed by atoms with van der Waals surface area (Å²) < 4.78 is 29.5. The number of aliphatic hydroxyl groups is 10. The van der Waals surface area contributed by atoms with E-state index in [0.717, 1.165) is 0 Å². The van der Waals surface area contributed by atoms with Gasteiger partial charge in [0, 0.05) is 77.4 Å². The molecule has 0 aliphatic carbocycles. The number of carbonyl (C=O) groups excluding carboxylic acids is 3. The van der Waals surface area contributed by atoms with Crippen LogP contribution in [-0.2, 0) is 38.1 Å². The fraction of sp³-hybridized carbons (Fsp3) is 0.702. The van der Waals surface area contributed by atoms with Crippen LogP contribution in [0.4, 0.5) is 0 Å². The summed E-state index contributed by atoms with van der Waals surface area (Å²) in [5.74, 6) is -6.03. The van der Waals surface area contributed by atoms with Crippen molar-refractivity contribution < 1.29 is 89.1 Å². The van der Waals surface area contributed by atoms with Crippen LogP contribution >= 0.6 is 0 Å². The monoisotopic (exact) mass is 1120 g/mol. The maximum absolute atomic E-state index is 14.6. The highest BCUT2D eigenvalue weighted by Crippen LogP contribution is 2.39. The van der Waals surface area contributed by atoms with Crippen molar-refractivity contribution in [1.29, 1.82) is 0 Å². The highest BCUT2D eigenvalue weighted by atomic mass is 16.7. The van der Waals surface area contributed by atoms with Gasteiger partial charge in [-0.1, -0.05) is 98.9 Å². The van der Waals surface area contributed by atoms with Crippen LogP contribution in [0.3, 0.4) is 0 Å². The topological polar surface area (TPSA) is 330 Å². The minimum atomic E-state index is -2.31. The van der Waals surface area contributed by atoms with Gasteiger partial charge >= 0.3 is 5.97 Å². The molecule has 79 heavy (non-hydrogen) atoms. The number of allylic oxidation sites excluding steroid dienone is 12. The summed E-state index contributed by atoms with van der Waals surface area (Å²) in [7, 11) is 3.17. The Hall–Kier alpha value is -4.05. The Morgan fingerprint density at radius 3 is 1.91 bits per heavy atom. The molecule has 0 spiro atoms. The maximum atomic E-state index is 14.6. The van der Waals surface area contributed by atoms with Crippen LogP contribution in [0.25, 0.3) is 0 Å². The zero-order valence-corrected chi connectivity index (χ0v) is 46.7. The van der Waals surface area contributed by atoms with E-state index in [1.807, 2.05) is 43.4 Å². The zero-order valence-electron chi connectivity index (χ0n) is 46.7. The van der Waals surface area contributed by atoms with Gasteiger partial charge < -0.3 is 90.3 Å². The predicted octanol–water partition coefficient (Wildman–Crippen LogP) is -0.205. The lowest BCUT2D eigenvalue weighted by molar-refractivity contribution is -0.308. The van der Waals surface area contributed by atoms with E-state index < -0.39 is 153 Å². The van der Waals surface area contributed by atoms with Crippen LogP contribution in [-0.4, -0.2) is 236 Å². The first-order valence-corrected chi connectivity index (χ1v) is 27.7. The average Bonchev–Trinajstić information content (AvgIpc) is 3.44. The Kier molecular flexibility index (Phi) is 29.4. The second kappa shape index (κ2) is 34.4. The highest BCUT2D eigenvalue weighted by molar-refractivity contribution is 5.80. The van der Waals surface area contributed by atoms with Gasteiger partial charge in [0.1, 0.15) is 18.3 Å². The van der Waals surface area contributed by atoms with Gasteiger partial charge in [0.25, 0.3) is 0 Å². The summed E-state index contributed by atoms with van der Waals surface area (Å²) in [6.07, 6.45) is 3.90. The number of piperazine rings is 1. The van der Waals surface area contributed by atoms with Gasteiger partial charge in [-0.25, -0.2) is 0 Å². The smallest absolute Gasteiger partial charge is 0.308 e. The molecule has 4 heterocycles. The lowest BCUT2D eigenvalue weighted by Gasteiger charge is -2.47. The standard InChI is InChI=1S/C57H92N4O18/c1-36-19-17-15-13-11-9-7-8-10-12-14-16-18-20-43(78-56-54(72)51(53(71)39(4)77-56)59-48(68)35-58-5)32-47-50(55(73)61-25-23-60(24-26-61)27-28-75-6)46(67)34-57(74,79-47)33-42(64)30-45(66)44(65)22-21-40(62)29-41(63)31-49(69)76-38(3)37(2)52(36)70/h7-20,36-47,50-54,56,58,62-67,70-72,74H,21-35H2,1-6H3,(H,59,68)/b8-7-,11-9-,12-10-,15-13-,16-14-,19-17-,20-18+/t36-,37-,38-,39+,40+,41+,42-,43-,44+,45+,46-,47-,50+,51-,52+,53+,54-,56-,57+/m0/s1. The minimum Gasteiger partial charge on any atom is -0.462 e. The summed E-state index contributed by atoms with van der Waals surface area (Å²) in [6, 6.07) is -1.22. The molecular weight excluding hydrogens is 1030 g/mol. The van der Waals surface area contributed by atoms with E-state index in [4.69, 9.17) is 23.7 Å². The number of ether oxygens (including phenoxy) is 5. The molecule has 4 aliphatic heterocycles. The molecule has 448 valence electrons. The Labute approximate surface area is 465 Å². The Morgan fingerprint density at radius 1 is 0.696 bits per heavy atom. The highest BCUT2D eigenvalue weighted by Gasteiger charge is 2.52. The Morgan fingerprint density at radius 2 is 1.30 bits per heavy atom. The van der Waals surface area contributed by atoms with Gasteiger partial charge in [0.05, 0.1) is 92.6 Å². The van der Waals surface area contributed by atoms with Crippen LogP contribution in [0, 0.1) is 17.8 Å². The van der Waals surface area contributed by atoms with E-state index in [0.29, 0.717) is 39.3 Å². The van der Waals surface area contributed by atoms with Gasteiger partial charge in [0.15, 0.2) is 12.1 Å². The van der Waals surface area contributed by atoms with E-state index in [1.54, 1.807) is 88.4 Å². The van der Waals surface area contributed by atoms with Crippen LogP contribution in [0.2, 0.25) is 0 Å².